The van der Waals surface area contributed by atoms with Gasteiger partial charge in [0.05, 0.1) is 10.6 Å². The van der Waals surface area contributed by atoms with Crippen LogP contribution in [0.3, 0.4) is 0 Å². The summed E-state index contributed by atoms with van der Waals surface area (Å²) in [7, 11) is -3.55. The number of hydrogen-bond donors (Lipinski definition) is 2. The molecule has 0 unspecified atom stereocenters. The number of ether oxygens (including phenoxy) is 1. The summed E-state index contributed by atoms with van der Waals surface area (Å²) in [5.74, 6) is -0.878. The predicted octanol–water partition coefficient (Wildman–Crippen LogP) is 1.69. The van der Waals surface area contributed by atoms with Crippen molar-refractivity contribution in [3.63, 3.8) is 0 Å². The minimum atomic E-state index is -3.55. The lowest BCUT2D eigenvalue weighted by atomic mass is 10.1. The second kappa shape index (κ2) is 9.18. The molecule has 0 saturated heterocycles. The van der Waals surface area contributed by atoms with E-state index in [1.165, 1.54) is 12.1 Å². The number of hydrogen-bond acceptors (Lipinski definition) is 5. The lowest BCUT2D eigenvalue weighted by Crippen LogP contribution is -2.44. The SMILES string of the molecule is Cc1cccc(C)c1OCC(=O)NNC(=O)CCS(=O)(=O)c1ccccc1. The van der Waals surface area contributed by atoms with E-state index in [9.17, 15) is 18.0 Å². The Morgan fingerprint density at radius 2 is 1.48 bits per heavy atom. The minimum Gasteiger partial charge on any atom is -0.483 e. The fraction of sp³-hybridized carbons (Fsp3) is 0.263. The highest BCUT2D eigenvalue weighted by Gasteiger charge is 2.16. The van der Waals surface area contributed by atoms with Gasteiger partial charge in [-0.05, 0) is 37.1 Å². The third-order valence-electron chi connectivity index (χ3n) is 3.80. The summed E-state index contributed by atoms with van der Waals surface area (Å²) in [4.78, 5) is 23.7. The summed E-state index contributed by atoms with van der Waals surface area (Å²) in [5, 5.41) is 0. The number of carbonyl (C=O) groups is 2. The number of nitrogens with one attached hydrogen (secondary N) is 2. The Hall–Kier alpha value is -2.87. The number of sulfone groups is 1. The zero-order valence-corrected chi connectivity index (χ0v) is 16.0. The maximum atomic E-state index is 12.1. The number of rotatable bonds is 7. The molecule has 0 saturated carbocycles. The van der Waals surface area contributed by atoms with E-state index in [1.807, 2.05) is 32.0 Å². The number of hydrazine groups is 1. The molecule has 144 valence electrons. The van der Waals surface area contributed by atoms with Crippen molar-refractivity contribution in [3.8, 4) is 5.75 Å². The van der Waals surface area contributed by atoms with E-state index in [2.05, 4.69) is 10.9 Å². The Bertz CT molecular complexity index is 891. The minimum absolute atomic E-state index is 0.156. The van der Waals surface area contributed by atoms with Crippen LogP contribution >= 0.6 is 0 Å². The third kappa shape index (κ3) is 6.10. The van der Waals surface area contributed by atoms with Gasteiger partial charge in [-0.1, -0.05) is 36.4 Å². The van der Waals surface area contributed by atoms with E-state index in [4.69, 9.17) is 4.74 Å². The molecule has 0 aliphatic carbocycles. The zero-order chi connectivity index (χ0) is 19.9. The van der Waals surface area contributed by atoms with Crippen molar-refractivity contribution >= 4 is 21.7 Å². The fourth-order valence-electron chi connectivity index (χ4n) is 2.38. The molecule has 0 radical (unpaired) electrons. The van der Waals surface area contributed by atoms with Crippen molar-refractivity contribution < 1.29 is 22.7 Å². The van der Waals surface area contributed by atoms with Crippen LogP contribution < -0.4 is 15.6 Å². The topological polar surface area (TPSA) is 102 Å². The molecule has 2 aromatic carbocycles. The molecule has 27 heavy (non-hydrogen) atoms. The molecule has 0 aliphatic rings. The normalized spacial score (nSPS) is 10.9. The van der Waals surface area contributed by atoms with E-state index in [-0.39, 0.29) is 23.7 Å². The number of para-hydroxylation sites is 1. The van der Waals surface area contributed by atoms with Gasteiger partial charge in [-0.25, -0.2) is 8.42 Å². The first-order chi connectivity index (χ1) is 12.8. The van der Waals surface area contributed by atoms with Gasteiger partial charge in [-0.3, -0.25) is 20.4 Å². The summed E-state index contributed by atoms with van der Waals surface area (Å²) in [6.45, 7) is 3.47. The van der Waals surface area contributed by atoms with Crippen LogP contribution in [0.2, 0.25) is 0 Å². The Kier molecular flexibility index (Phi) is 6.95. The number of amides is 2. The average molecular weight is 390 g/mol. The van der Waals surface area contributed by atoms with Gasteiger partial charge < -0.3 is 4.74 Å². The molecule has 0 aliphatic heterocycles. The van der Waals surface area contributed by atoms with Gasteiger partial charge in [0.1, 0.15) is 5.75 Å². The Labute approximate surface area is 158 Å². The maximum absolute atomic E-state index is 12.1. The van der Waals surface area contributed by atoms with Crippen LogP contribution in [0.1, 0.15) is 17.5 Å². The molecule has 2 rings (SSSR count). The van der Waals surface area contributed by atoms with Crippen molar-refractivity contribution in [2.24, 2.45) is 0 Å². The second-order valence-corrected chi connectivity index (χ2v) is 8.10. The van der Waals surface area contributed by atoms with Gasteiger partial charge in [-0.15, -0.1) is 0 Å². The van der Waals surface area contributed by atoms with Crippen molar-refractivity contribution in [1.82, 2.24) is 10.9 Å². The first-order valence-electron chi connectivity index (χ1n) is 8.34. The lowest BCUT2D eigenvalue weighted by Gasteiger charge is -2.12. The second-order valence-electron chi connectivity index (χ2n) is 5.99. The quantitative estimate of drug-likeness (QED) is 0.701. The van der Waals surface area contributed by atoms with Crippen LogP contribution in [0.5, 0.6) is 5.75 Å². The van der Waals surface area contributed by atoms with Crippen molar-refractivity contribution in [2.75, 3.05) is 12.4 Å². The standard InChI is InChI=1S/C19H22N2O5S/c1-14-7-6-8-15(2)19(14)26-13-18(23)21-20-17(22)11-12-27(24,25)16-9-4-3-5-10-16/h3-10H,11-13H2,1-2H3,(H,20,22)(H,21,23). The molecule has 2 amide bonds. The van der Waals surface area contributed by atoms with Crippen LogP contribution in [0.15, 0.2) is 53.4 Å². The smallest absolute Gasteiger partial charge is 0.276 e. The first-order valence-corrected chi connectivity index (χ1v) is 9.99. The highest BCUT2D eigenvalue weighted by molar-refractivity contribution is 7.91. The highest BCUT2D eigenvalue weighted by atomic mass is 32.2. The van der Waals surface area contributed by atoms with Gasteiger partial charge in [0.2, 0.25) is 5.91 Å². The molecule has 0 atom stereocenters. The highest BCUT2D eigenvalue weighted by Crippen LogP contribution is 2.21. The molecule has 0 bridgehead atoms. The Balaban J connectivity index is 1.76. The molecule has 2 N–H and O–H groups in total. The Morgan fingerprint density at radius 1 is 0.889 bits per heavy atom. The molecule has 7 nitrogen and oxygen atoms in total. The van der Waals surface area contributed by atoms with Crippen LogP contribution in [-0.4, -0.2) is 32.6 Å². The Morgan fingerprint density at radius 3 is 2.11 bits per heavy atom. The summed E-state index contributed by atoms with van der Waals surface area (Å²) in [6, 6.07) is 13.5. The average Bonchev–Trinajstić information content (AvgIpc) is 2.65. The lowest BCUT2D eigenvalue weighted by molar-refractivity contribution is -0.129. The van der Waals surface area contributed by atoms with Crippen molar-refractivity contribution in [3.05, 3.63) is 59.7 Å². The van der Waals surface area contributed by atoms with Crippen molar-refractivity contribution in [1.29, 1.82) is 0 Å². The van der Waals surface area contributed by atoms with Gasteiger partial charge in [0, 0.05) is 6.42 Å². The van der Waals surface area contributed by atoms with Crippen LogP contribution in [-0.2, 0) is 19.4 Å². The molecule has 0 heterocycles. The summed E-state index contributed by atoms with van der Waals surface area (Å²) >= 11 is 0. The van der Waals surface area contributed by atoms with E-state index in [0.29, 0.717) is 5.75 Å². The summed E-state index contributed by atoms with van der Waals surface area (Å²) in [5.41, 5.74) is 6.20. The number of aryl methyl sites for hydroxylation is 2. The summed E-state index contributed by atoms with van der Waals surface area (Å²) < 4.78 is 29.7. The van der Waals surface area contributed by atoms with Gasteiger partial charge in [0.25, 0.3) is 5.91 Å². The largest absolute Gasteiger partial charge is 0.483 e. The first kappa shape index (κ1) is 20.4. The number of benzene rings is 2. The van der Waals surface area contributed by atoms with Gasteiger partial charge >= 0.3 is 0 Å². The third-order valence-corrected chi connectivity index (χ3v) is 5.53. The molecule has 2 aromatic rings. The van der Waals surface area contributed by atoms with Crippen molar-refractivity contribution in [2.45, 2.75) is 25.2 Å². The molecule has 0 aromatic heterocycles. The van der Waals surface area contributed by atoms with E-state index >= 15 is 0 Å². The molecular formula is C19H22N2O5S. The molecule has 0 spiro atoms. The fourth-order valence-corrected chi connectivity index (χ4v) is 3.64. The monoisotopic (exact) mass is 390 g/mol. The van der Waals surface area contributed by atoms with Crippen LogP contribution in [0, 0.1) is 13.8 Å². The van der Waals surface area contributed by atoms with E-state index in [1.54, 1.807) is 18.2 Å². The van der Waals surface area contributed by atoms with Crippen LogP contribution in [0.25, 0.3) is 0 Å². The molecular weight excluding hydrogens is 368 g/mol. The zero-order valence-electron chi connectivity index (χ0n) is 15.2. The maximum Gasteiger partial charge on any atom is 0.276 e. The molecule has 0 fully saturated rings. The van der Waals surface area contributed by atoms with Crippen LogP contribution in [0.4, 0.5) is 0 Å². The van der Waals surface area contributed by atoms with E-state index < -0.39 is 21.7 Å². The summed E-state index contributed by atoms with van der Waals surface area (Å²) in [6.07, 6.45) is -0.269. The predicted molar refractivity (Wildman–Crippen MR) is 101 cm³/mol. The number of carbonyl (C=O) groups excluding carboxylic acids is 2. The van der Waals surface area contributed by atoms with Gasteiger partial charge in [0.15, 0.2) is 16.4 Å². The van der Waals surface area contributed by atoms with E-state index in [0.717, 1.165) is 11.1 Å². The molecule has 8 heteroatoms. The van der Waals surface area contributed by atoms with Gasteiger partial charge in [-0.2, -0.15) is 0 Å².